The zero-order valence-electron chi connectivity index (χ0n) is 13.9. The Morgan fingerprint density at radius 2 is 0.850 bits per heavy atom. The van der Waals surface area contributed by atoms with Gasteiger partial charge in [-0.05, 0) is 0 Å². The summed E-state index contributed by atoms with van der Waals surface area (Å²) in [6.07, 6.45) is 0. The monoisotopic (exact) mass is 1540 g/mol. The quantitative estimate of drug-likeness (QED) is 0.294. The van der Waals surface area contributed by atoms with E-state index in [9.17, 15) is 0 Å². The van der Waals surface area contributed by atoms with Crippen LogP contribution in [0, 0.1) is 271 Å². The van der Waals surface area contributed by atoms with Gasteiger partial charge in [0.15, 0.2) is 0 Å². The van der Waals surface area contributed by atoms with Crippen LogP contribution in [-0.4, -0.2) is 9.97 Å². The molecule has 0 atom stereocenters. The van der Waals surface area contributed by atoms with Crippen molar-refractivity contribution >= 4 is 3.89 Å². The summed E-state index contributed by atoms with van der Waals surface area (Å²) >= 11 is 2.44. The average molecular weight is 1540 g/mol. The first-order valence-corrected chi connectivity index (χ1v) is 31.8. The van der Waals surface area contributed by atoms with Crippen LogP contribution in [0.2, 0.25) is 0 Å². The Balaban J connectivity index is 2.83. The molecule has 2 aromatic heterocycles. The number of pyridine rings is 2. The second kappa shape index (κ2) is 10.8. The van der Waals surface area contributed by atoms with Gasteiger partial charge < -0.3 is 0 Å². The van der Waals surface area contributed by atoms with Gasteiger partial charge in [0.2, 0.25) is 0 Å². The zero-order chi connectivity index (χ0) is 15.2. The van der Waals surface area contributed by atoms with Crippen LogP contribution in [0.25, 0.3) is 11.4 Å². The van der Waals surface area contributed by atoms with E-state index < -0.39 is 0 Å². The summed E-state index contributed by atoms with van der Waals surface area (Å²) in [6.45, 7) is 4.66. The number of nitrogens with zero attached hydrogens (tertiary/aromatic N) is 2. The second-order valence-corrected chi connectivity index (χ2v) is 30.1. The van der Waals surface area contributed by atoms with E-state index in [1.165, 1.54) is 12.9 Å². The molecule has 0 saturated heterocycles. The molecule has 2 heterocycles. The minimum absolute atomic E-state index is 0.366. The third-order valence-corrected chi connectivity index (χ3v) is 69.0. The molecule has 0 bridgehead atoms. The summed E-state index contributed by atoms with van der Waals surface area (Å²) < 4.78 is 9.92. The summed E-state index contributed by atoms with van der Waals surface area (Å²) in [5.74, 6) is 0. The normalized spacial score (nSPS) is 10.4. The average Bonchev–Trinajstić information content (AvgIpc) is 2.42. The summed E-state index contributed by atoms with van der Waals surface area (Å²) in [7, 11) is 0. The third kappa shape index (κ3) is 5.59. The van der Waals surface area contributed by atoms with Crippen LogP contribution in [0.3, 0.4) is 0 Å². The topological polar surface area (TPSA) is 25.8 Å². The fourth-order valence-corrected chi connectivity index (χ4v) is 35.3. The molecule has 2 aromatic rings. The molecule has 0 fully saturated rings. The van der Waals surface area contributed by atoms with Gasteiger partial charge in [0.25, 0.3) is 0 Å². The molecular weight excluding hydrogens is 1530 g/mol. The Kier molecular flexibility index (Phi) is 12.6. The molecule has 2 rings (SSSR count). The predicted octanol–water partition coefficient (Wildman–Crippen LogP) is -3.80. The van der Waals surface area contributed by atoms with Crippen molar-refractivity contribution in [3.05, 3.63) is 11.1 Å². The van der Waals surface area contributed by atoms with Gasteiger partial charge >= 0.3 is 307 Å². The van der Waals surface area contributed by atoms with E-state index in [0.717, 1.165) is 0 Å². The van der Waals surface area contributed by atoms with Crippen LogP contribution in [-0.2, 0) is 0 Å². The van der Waals surface area contributed by atoms with Crippen molar-refractivity contribution in [3.8, 4) is 11.4 Å². The molecule has 0 aliphatic rings. The summed E-state index contributed by atoms with van der Waals surface area (Å²) in [6, 6.07) is 0. The predicted molar refractivity (Wildman–Crippen MR) is 63.1 cm³/mol. The van der Waals surface area contributed by atoms with Crippen LogP contribution in [0.4, 0.5) is 0 Å². The SMILES string of the molecule is Cc1[c]([RaH])nc(-c2n[c]([RaH])c(C)[c]([RaH])[c]2[RaH])[c]([RaH])[c]1[RaH]. The van der Waals surface area contributed by atoms with Crippen LogP contribution >= 0.6 is 0 Å². The van der Waals surface area contributed by atoms with E-state index in [2.05, 4.69) is 13.8 Å². The van der Waals surface area contributed by atoms with Crippen molar-refractivity contribution < 1.29 is 257 Å². The molecular formula is C12H12N2Ra6. The number of rotatable bonds is 1. The van der Waals surface area contributed by atoms with Crippen molar-refractivity contribution in [1.29, 1.82) is 0 Å². The summed E-state index contributed by atoms with van der Waals surface area (Å²) in [5, 5.41) is 0. The zero-order valence-corrected chi connectivity index (χ0v) is 63.2. The van der Waals surface area contributed by atoms with Crippen LogP contribution in [0.15, 0.2) is 0 Å². The fourth-order valence-electron chi connectivity index (χ4n) is 2.59. The van der Waals surface area contributed by atoms with Gasteiger partial charge in [0, 0.05) is 0 Å². The second-order valence-electron chi connectivity index (χ2n) is 5.84. The standard InChI is InChI=1S/C12H6N2.6Ra.6H/c1-9-3-5-11(13-7-9)12-6-4-10(2)8-14-12;;;;;;;;;;;;/h1-2H3;;;;;;;;;;;;. The first kappa shape index (κ1) is 23.4. The van der Waals surface area contributed by atoms with Crippen molar-refractivity contribution in [1.82, 2.24) is 9.97 Å². The van der Waals surface area contributed by atoms with Gasteiger partial charge in [-0.2, -0.15) is 0 Å². The van der Waals surface area contributed by atoms with E-state index >= 15 is 0 Å². The number of hydrogen-bond acceptors (Lipinski definition) is 2. The Morgan fingerprint density at radius 3 is 1.15 bits per heavy atom. The van der Waals surface area contributed by atoms with Crippen molar-refractivity contribution in [3.63, 3.8) is 0 Å². The van der Waals surface area contributed by atoms with Crippen LogP contribution in [0.5, 0.6) is 0 Å². The van der Waals surface area contributed by atoms with Crippen LogP contribution < -0.4 is 3.89 Å². The molecule has 2 nitrogen and oxygen atoms in total. The molecule has 20 heavy (non-hydrogen) atoms. The van der Waals surface area contributed by atoms with Gasteiger partial charge in [-0.1, -0.05) is 0 Å². The Hall–Kier alpha value is 7.11. The molecule has 0 aromatic carbocycles. The molecule has 0 unspecified atom stereocenters. The molecule has 0 amide bonds. The third-order valence-electron chi connectivity index (χ3n) is 4.83. The van der Waals surface area contributed by atoms with Gasteiger partial charge in [0.1, 0.15) is 0 Å². The maximum atomic E-state index is 5.10. The Morgan fingerprint density at radius 1 is 0.550 bits per heavy atom. The first-order chi connectivity index (χ1) is 9.25. The van der Waals surface area contributed by atoms with Gasteiger partial charge in [-0.25, -0.2) is 0 Å². The molecule has 0 saturated carbocycles. The van der Waals surface area contributed by atoms with Gasteiger partial charge in [-0.3, -0.25) is 0 Å². The Bertz CT molecular complexity index is 653. The van der Waals surface area contributed by atoms with E-state index in [1.807, 2.05) is 0 Å². The number of aromatic nitrogens is 2. The van der Waals surface area contributed by atoms with Crippen LogP contribution in [0.1, 0.15) is 11.1 Å². The summed E-state index contributed by atoms with van der Waals surface area (Å²) in [5.41, 5.74) is 5.95. The molecule has 0 aliphatic heterocycles. The Labute approximate surface area is 295 Å². The minimum atomic E-state index is 0.366. The van der Waals surface area contributed by atoms with E-state index in [0.29, 0.717) is 257 Å². The molecule has 0 aliphatic carbocycles. The van der Waals surface area contributed by atoms with Crippen molar-refractivity contribution in [2.45, 2.75) is 13.8 Å². The molecule has 82 valence electrons. The maximum absolute atomic E-state index is 5.10. The number of hydrogen-bond donors (Lipinski definition) is 0. The fraction of sp³-hybridized carbons (Fsp3) is 0.167. The molecule has 0 spiro atoms. The van der Waals surface area contributed by atoms with E-state index in [1.54, 1.807) is 13.5 Å². The molecule has 0 N–H and O–H groups in total. The van der Waals surface area contributed by atoms with Gasteiger partial charge in [-0.15, -0.1) is 0 Å². The summed E-state index contributed by atoms with van der Waals surface area (Å²) in [4.78, 5) is 10.2. The van der Waals surface area contributed by atoms with E-state index in [4.69, 9.17) is 9.97 Å². The molecule has 8 heteroatoms. The van der Waals surface area contributed by atoms with Gasteiger partial charge in [0.05, 0.1) is 0 Å². The van der Waals surface area contributed by atoms with E-state index in [-0.39, 0.29) is 0 Å². The first-order valence-electron chi connectivity index (χ1n) is 7.14. The van der Waals surface area contributed by atoms with Crippen molar-refractivity contribution in [2.75, 3.05) is 0 Å². The van der Waals surface area contributed by atoms with Crippen molar-refractivity contribution in [2.24, 2.45) is 0 Å². The molecule has 0 radical (unpaired) electrons.